The molecule has 2 atom stereocenters. The molecule has 0 radical (unpaired) electrons. The molecule has 354 valence electrons. The molecular weight excluding hydrogens is 881 g/mol. The summed E-state index contributed by atoms with van der Waals surface area (Å²) in [4.78, 5) is 81.6. The highest BCUT2D eigenvalue weighted by Crippen LogP contribution is 2.37. The molecule has 2 aromatic heterocycles. The molecule has 0 saturated carbocycles. The van der Waals surface area contributed by atoms with Crippen LogP contribution in [0.4, 0.5) is 5.82 Å². The summed E-state index contributed by atoms with van der Waals surface area (Å²) in [6.07, 6.45) is 14.0. The SMILES string of the molecule is Nc1ncnc2c1c(-c1ccc(Oc3ccccc3)cc1)nn2C1CCCN(C(=O)/C=C/CN2CCN(CCCCCCCCSc3cccc4c3C(=O)N(C3CCC(=O)NC3=O)C4=O)CC2)C1. The zero-order valence-electron chi connectivity index (χ0n) is 38.3. The van der Waals surface area contributed by atoms with Gasteiger partial charge in [0.2, 0.25) is 17.7 Å². The Balaban J connectivity index is 0.662. The van der Waals surface area contributed by atoms with E-state index in [0.717, 1.165) is 98.2 Å². The molecule has 3 fully saturated rings. The van der Waals surface area contributed by atoms with E-state index in [1.165, 1.54) is 25.6 Å². The van der Waals surface area contributed by atoms with Crippen molar-refractivity contribution in [3.05, 3.63) is 102 Å². The van der Waals surface area contributed by atoms with Gasteiger partial charge in [-0.3, -0.25) is 39.1 Å². The van der Waals surface area contributed by atoms with Crippen molar-refractivity contribution in [2.24, 2.45) is 0 Å². The van der Waals surface area contributed by atoms with Gasteiger partial charge in [0.15, 0.2) is 5.65 Å². The topological polar surface area (TPSA) is 189 Å². The second kappa shape index (κ2) is 21.7. The fourth-order valence-electron chi connectivity index (χ4n) is 9.65. The minimum Gasteiger partial charge on any atom is -0.457 e. The molecule has 9 rings (SSSR count). The van der Waals surface area contributed by atoms with Crippen molar-refractivity contribution in [3.8, 4) is 22.8 Å². The molecule has 2 unspecified atom stereocenters. The maximum atomic E-state index is 13.5. The summed E-state index contributed by atoms with van der Waals surface area (Å²) in [5.74, 6) is 0.786. The number of aromatic nitrogens is 4. The molecule has 5 aromatic rings. The molecule has 3 saturated heterocycles. The first-order valence-electron chi connectivity index (χ1n) is 23.9. The van der Waals surface area contributed by atoms with Crippen LogP contribution in [0.25, 0.3) is 22.3 Å². The normalized spacial score (nSPS) is 19.3. The van der Waals surface area contributed by atoms with Crippen molar-refractivity contribution in [3.63, 3.8) is 0 Å². The van der Waals surface area contributed by atoms with Crippen LogP contribution in [0.3, 0.4) is 0 Å². The fraction of sp³-hybridized carbons (Fsp3) is 0.412. The number of carbonyl (C=O) groups is 5. The predicted molar refractivity (Wildman–Crippen MR) is 260 cm³/mol. The number of anilines is 1. The number of piperazine rings is 1. The Morgan fingerprint density at radius 3 is 2.35 bits per heavy atom. The average molecular weight is 939 g/mol. The first-order valence-corrected chi connectivity index (χ1v) is 24.9. The summed E-state index contributed by atoms with van der Waals surface area (Å²) in [5.41, 5.74) is 9.36. The molecule has 5 amide bonds. The van der Waals surface area contributed by atoms with Crippen LogP contribution in [-0.4, -0.2) is 133 Å². The number of amides is 5. The van der Waals surface area contributed by atoms with Crippen molar-refractivity contribution in [2.45, 2.75) is 81.2 Å². The van der Waals surface area contributed by atoms with Gasteiger partial charge in [-0.25, -0.2) is 14.6 Å². The Kier molecular flexibility index (Phi) is 14.9. The standard InChI is InChI=1S/C51H58N10O6S/c52-47-45-46(35-19-21-38(22-20-35)67-37-14-6-5-7-15-37)56-61(48(45)54-34-53-47)36-13-11-27-59(33-36)43(63)18-12-26-58-30-28-57(29-31-58)25-8-3-1-2-4-9-32-68-41-17-10-16-39-44(41)51(66)60(50(39)65)40-23-24-42(62)55-49(40)64/h5-7,10,12,14-22,34,36,40H,1-4,8-9,11,13,23-33H2,(H2,52,53,54)(H,55,62,64)/b18-12+. The minimum absolute atomic E-state index is 0.0144. The van der Waals surface area contributed by atoms with Gasteiger partial charge in [0, 0.05) is 68.8 Å². The first-order chi connectivity index (χ1) is 33.2. The van der Waals surface area contributed by atoms with E-state index in [1.807, 2.05) is 76.3 Å². The number of ether oxygens (including phenoxy) is 1. The molecule has 16 nitrogen and oxygen atoms in total. The number of nitrogens with two attached hydrogens (primary N) is 1. The largest absolute Gasteiger partial charge is 0.457 e. The highest BCUT2D eigenvalue weighted by molar-refractivity contribution is 7.99. The van der Waals surface area contributed by atoms with Crippen LogP contribution in [0.1, 0.15) is 91.0 Å². The summed E-state index contributed by atoms with van der Waals surface area (Å²) in [7, 11) is 0. The lowest BCUT2D eigenvalue weighted by molar-refractivity contribution is -0.136. The zero-order valence-corrected chi connectivity index (χ0v) is 39.1. The Morgan fingerprint density at radius 1 is 0.809 bits per heavy atom. The molecule has 17 heteroatoms. The van der Waals surface area contributed by atoms with Crippen LogP contribution in [0.15, 0.2) is 96.2 Å². The van der Waals surface area contributed by atoms with E-state index in [0.29, 0.717) is 52.5 Å². The Morgan fingerprint density at radius 2 is 1.56 bits per heavy atom. The number of imide groups is 2. The summed E-state index contributed by atoms with van der Waals surface area (Å²) in [5, 5.41) is 8.01. The average Bonchev–Trinajstić information content (AvgIpc) is 3.87. The van der Waals surface area contributed by atoms with Crippen molar-refractivity contribution in [1.29, 1.82) is 0 Å². The summed E-state index contributed by atoms with van der Waals surface area (Å²) < 4.78 is 7.93. The number of carbonyl (C=O) groups excluding carboxylic acids is 5. The Bertz CT molecular complexity index is 2670. The lowest BCUT2D eigenvalue weighted by Crippen LogP contribution is -2.54. The zero-order chi connectivity index (χ0) is 47.0. The second-order valence-electron chi connectivity index (χ2n) is 17.9. The summed E-state index contributed by atoms with van der Waals surface area (Å²) in [6, 6.07) is 21.7. The number of hydrogen-bond acceptors (Lipinski definition) is 13. The third-order valence-corrected chi connectivity index (χ3v) is 14.5. The van der Waals surface area contributed by atoms with E-state index in [1.54, 1.807) is 30.0 Å². The molecule has 68 heavy (non-hydrogen) atoms. The highest BCUT2D eigenvalue weighted by atomic mass is 32.2. The number of unbranched alkanes of at least 4 members (excludes halogenated alkanes) is 5. The van der Waals surface area contributed by atoms with Crippen LogP contribution >= 0.6 is 11.8 Å². The smallest absolute Gasteiger partial charge is 0.263 e. The van der Waals surface area contributed by atoms with Gasteiger partial charge in [0.05, 0.1) is 22.6 Å². The number of likely N-dealkylation sites (tertiary alicyclic amines) is 1. The fourth-order valence-corrected chi connectivity index (χ4v) is 10.7. The Hall–Kier alpha value is -6.43. The number of nitrogen functional groups attached to an aromatic ring is 1. The lowest BCUT2D eigenvalue weighted by Gasteiger charge is -2.34. The van der Waals surface area contributed by atoms with Crippen LogP contribution in [0.2, 0.25) is 0 Å². The van der Waals surface area contributed by atoms with E-state index >= 15 is 0 Å². The van der Waals surface area contributed by atoms with Crippen LogP contribution < -0.4 is 15.8 Å². The van der Waals surface area contributed by atoms with E-state index < -0.39 is 23.8 Å². The number of benzene rings is 3. The van der Waals surface area contributed by atoms with Gasteiger partial charge in [-0.1, -0.05) is 56.0 Å². The Labute approximate surface area is 400 Å². The first kappa shape index (κ1) is 46.7. The summed E-state index contributed by atoms with van der Waals surface area (Å²) in [6.45, 7) is 7.07. The lowest BCUT2D eigenvalue weighted by atomic mass is 10.0. The third kappa shape index (κ3) is 10.6. The maximum Gasteiger partial charge on any atom is 0.263 e. The molecule has 0 bridgehead atoms. The molecule has 3 N–H and O–H groups in total. The quantitative estimate of drug-likeness (QED) is 0.0407. The number of piperidine rings is 2. The number of rotatable bonds is 18. The van der Waals surface area contributed by atoms with E-state index in [9.17, 15) is 24.0 Å². The maximum absolute atomic E-state index is 13.5. The molecule has 0 aliphatic carbocycles. The van der Waals surface area contributed by atoms with Crippen LogP contribution in [-0.2, 0) is 14.4 Å². The number of nitrogens with zero attached hydrogens (tertiary/aromatic N) is 8. The van der Waals surface area contributed by atoms with Gasteiger partial charge in [-0.05, 0) is 92.9 Å². The van der Waals surface area contributed by atoms with Gasteiger partial charge >= 0.3 is 0 Å². The van der Waals surface area contributed by atoms with Gasteiger partial charge in [0.1, 0.15) is 35.4 Å². The number of hydrogen-bond donors (Lipinski definition) is 2. The monoisotopic (exact) mass is 938 g/mol. The van der Waals surface area contributed by atoms with Crippen molar-refractivity contribution < 1.29 is 28.7 Å². The number of thioether (sulfide) groups is 1. The van der Waals surface area contributed by atoms with Crippen LogP contribution in [0.5, 0.6) is 11.5 Å². The minimum atomic E-state index is -0.959. The summed E-state index contributed by atoms with van der Waals surface area (Å²) >= 11 is 1.58. The van der Waals surface area contributed by atoms with Gasteiger partial charge in [0.25, 0.3) is 11.8 Å². The van der Waals surface area contributed by atoms with Crippen molar-refractivity contribution in [2.75, 3.05) is 63.8 Å². The van der Waals surface area contributed by atoms with Gasteiger partial charge in [-0.2, -0.15) is 5.10 Å². The van der Waals surface area contributed by atoms with Gasteiger partial charge < -0.3 is 20.3 Å². The number of para-hydroxylation sites is 1. The van der Waals surface area contributed by atoms with Crippen LogP contribution in [0, 0.1) is 0 Å². The third-order valence-electron chi connectivity index (χ3n) is 13.3. The molecule has 4 aliphatic heterocycles. The van der Waals surface area contributed by atoms with E-state index in [2.05, 4.69) is 25.1 Å². The number of nitrogens with one attached hydrogen (secondary N) is 1. The molecule has 3 aromatic carbocycles. The van der Waals surface area contributed by atoms with Crippen molar-refractivity contribution in [1.82, 2.24) is 44.7 Å². The second-order valence-corrected chi connectivity index (χ2v) is 19.0. The highest BCUT2D eigenvalue weighted by Gasteiger charge is 2.45. The molecule has 4 aliphatic rings. The van der Waals surface area contributed by atoms with E-state index in [4.69, 9.17) is 15.6 Å². The predicted octanol–water partition coefficient (Wildman–Crippen LogP) is 6.74. The van der Waals surface area contributed by atoms with E-state index in [-0.39, 0.29) is 30.7 Å². The molecule has 6 heterocycles. The number of fused-ring (bicyclic) bond motifs is 2. The molecular formula is C51H58N10O6S. The van der Waals surface area contributed by atoms with Crippen molar-refractivity contribution >= 4 is 58.1 Å². The van der Waals surface area contributed by atoms with Gasteiger partial charge in [-0.15, -0.1) is 11.8 Å². The molecule has 0 spiro atoms.